The van der Waals surface area contributed by atoms with Crippen LogP contribution in [0.5, 0.6) is 5.75 Å². The Morgan fingerprint density at radius 1 is 1.25 bits per heavy atom. The molecule has 1 aliphatic rings. The Hall–Kier alpha value is -2.99. The summed E-state index contributed by atoms with van der Waals surface area (Å²) >= 11 is 7.70. The van der Waals surface area contributed by atoms with E-state index in [-0.39, 0.29) is 17.2 Å². The van der Waals surface area contributed by atoms with Gasteiger partial charge in [0.25, 0.3) is 11.6 Å². The molecule has 0 radical (unpaired) electrons. The molecule has 192 valence electrons. The van der Waals surface area contributed by atoms with Crippen LogP contribution < -0.4 is 14.5 Å². The van der Waals surface area contributed by atoms with Gasteiger partial charge < -0.3 is 19.3 Å². The van der Waals surface area contributed by atoms with Gasteiger partial charge in [0.15, 0.2) is 5.13 Å². The summed E-state index contributed by atoms with van der Waals surface area (Å²) in [6.07, 6.45) is 0.688. The Labute approximate surface area is 218 Å². The molecule has 2 aromatic carbocycles. The molecule has 3 aromatic rings. The first-order valence-corrected chi connectivity index (χ1v) is 12.7. The summed E-state index contributed by atoms with van der Waals surface area (Å²) in [5.41, 5.74) is 1.17. The van der Waals surface area contributed by atoms with Crippen molar-refractivity contribution in [1.82, 2.24) is 9.88 Å². The van der Waals surface area contributed by atoms with Gasteiger partial charge >= 0.3 is 0 Å². The second-order valence-electron chi connectivity index (χ2n) is 8.60. The van der Waals surface area contributed by atoms with Gasteiger partial charge in [-0.05, 0) is 51.3 Å². The average Bonchev–Trinajstić information content (AvgIpc) is 3.32. The van der Waals surface area contributed by atoms with Crippen LogP contribution in [0.4, 0.5) is 16.5 Å². The Bertz CT molecular complexity index is 1260. The van der Waals surface area contributed by atoms with E-state index in [1.807, 2.05) is 23.9 Å². The van der Waals surface area contributed by atoms with Gasteiger partial charge in [0.1, 0.15) is 17.0 Å². The largest absolute Gasteiger partial charge is 0.494 e. The lowest BCUT2D eigenvalue weighted by atomic mass is 10.1. The van der Waals surface area contributed by atoms with E-state index in [0.29, 0.717) is 71.1 Å². The molecule has 1 amide bonds. The summed E-state index contributed by atoms with van der Waals surface area (Å²) in [6.45, 7) is 3.26. The first-order chi connectivity index (χ1) is 17.3. The highest BCUT2D eigenvalue weighted by molar-refractivity contribution is 7.23. The van der Waals surface area contributed by atoms with E-state index in [2.05, 4.69) is 4.98 Å². The first kappa shape index (κ1) is 26.1. The predicted octanol–water partition coefficient (Wildman–Crippen LogP) is 4.30. The van der Waals surface area contributed by atoms with E-state index < -0.39 is 4.92 Å². The lowest BCUT2D eigenvalue weighted by molar-refractivity contribution is -0.384. The lowest BCUT2D eigenvalue weighted by Crippen LogP contribution is -2.37. The molecule has 1 aromatic heterocycles. The summed E-state index contributed by atoms with van der Waals surface area (Å²) < 4.78 is 11.5. The molecule has 10 nitrogen and oxygen atoms in total. The number of anilines is 2. The van der Waals surface area contributed by atoms with Crippen molar-refractivity contribution in [3.05, 3.63) is 51.0 Å². The maximum Gasteiger partial charge on any atom is 0.293 e. The number of fused-ring (bicyclic) bond motifs is 1. The van der Waals surface area contributed by atoms with E-state index in [4.69, 9.17) is 21.1 Å². The van der Waals surface area contributed by atoms with Gasteiger partial charge in [-0.1, -0.05) is 22.9 Å². The molecule has 0 saturated carbocycles. The second kappa shape index (κ2) is 11.4. The monoisotopic (exact) mass is 533 g/mol. The third-order valence-corrected chi connectivity index (χ3v) is 7.44. The second-order valence-corrected chi connectivity index (χ2v) is 9.98. The maximum absolute atomic E-state index is 13.8. The number of morpholine rings is 1. The number of rotatable bonds is 9. The minimum atomic E-state index is -0.444. The van der Waals surface area contributed by atoms with Crippen LogP contribution >= 0.6 is 22.9 Å². The first-order valence-electron chi connectivity index (χ1n) is 11.5. The molecule has 0 bridgehead atoms. The van der Waals surface area contributed by atoms with Crippen molar-refractivity contribution < 1.29 is 19.2 Å². The van der Waals surface area contributed by atoms with Crippen molar-refractivity contribution in [2.45, 2.75) is 6.42 Å². The summed E-state index contributed by atoms with van der Waals surface area (Å²) in [5, 5.41) is 12.9. The normalized spacial score (nSPS) is 13.9. The third kappa shape index (κ3) is 5.54. The van der Waals surface area contributed by atoms with Crippen molar-refractivity contribution >= 4 is 55.6 Å². The van der Waals surface area contributed by atoms with E-state index in [0.717, 1.165) is 6.54 Å². The third-order valence-electron chi connectivity index (χ3n) is 5.90. The molecule has 12 heteroatoms. The predicted molar refractivity (Wildman–Crippen MR) is 142 cm³/mol. The fourth-order valence-electron chi connectivity index (χ4n) is 4.08. The number of carbonyl (C=O) groups is 1. The number of aromatic nitrogens is 1. The van der Waals surface area contributed by atoms with Crippen LogP contribution in [0.2, 0.25) is 5.02 Å². The number of amides is 1. The van der Waals surface area contributed by atoms with Crippen LogP contribution in [-0.4, -0.2) is 81.3 Å². The molecule has 2 heterocycles. The van der Waals surface area contributed by atoms with Gasteiger partial charge in [-0.3, -0.25) is 19.8 Å². The summed E-state index contributed by atoms with van der Waals surface area (Å²) in [6, 6.07) is 8.11. The zero-order chi connectivity index (χ0) is 25.8. The number of nitrogens with zero attached hydrogens (tertiary/aromatic N) is 5. The number of hydrogen-bond acceptors (Lipinski definition) is 9. The smallest absolute Gasteiger partial charge is 0.293 e. The quantitative estimate of drug-likeness (QED) is 0.296. The SMILES string of the molecule is COc1ccc(Cl)c2sc(N(CCCN(C)C)C(=O)c3ccc(N4CCOCC4)c([N+](=O)[O-])c3)nc12. The van der Waals surface area contributed by atoms with Crippen molar-refractivity contribution in [2.24, 2.45) is 0 Å². The van der Waals surface area contributed by atoms with Crippen molar-refractivity contribution in [3.63, 3.8) is 0 Å². The van der Waals surface area contributed by atoms with Gasteiger partial charge in [0, 0.05) is 31.3 Å². The van der Waals surface area contributed by atoms with Gasteiger partial charge in [-0.15, -0.1) is 0 Å². The van der Waals surface area contributed by atoms with E-state index in [9.17, 15) is 14.9 Å². The van der Waals surface area contributed by atoms with Gasteiger partial charge in [0.2, 0.25) is 0 Å². The van der Waals surface area contributed by atoms with Gasteiger partial charge in [-0.25, -0.2) is 4.98 Å². The van der Waals surface area contributed by atoms with Crippen LogP contribution in [0.1, 0.15) is 16.8 Å². The number of thiazole rings is 1. The highest BCUT2D eigenvalue weighted by atomic mass is 35.5. The molecular weight excluding hydrogens is 506 g/mol. The molecule has 0 aliphatic carbocycles. The van der Waals surface area contributed by atoms with Crippen molar-refractivity contribution in [1.29, 1.82) is 0 Å². The fraction of sp³-hybridized carbons (Fsp3) is 0.417. The number of hydrogen-bond donors (Lipinski definition) is 0. The molecule has 1 fully saturated rings. The molecule has 0 N–H and O–H groups in total. The molecule has 0 unspecified atom stereocenters. The molecule has 36 heavy (non-hydrogen) atoms. The summed E-state index contributed by atoms with van der Waals surface area (Å²) in [5.74, 6) is 0.197. The molecule has 4 rings (SSSR count). The molecular formula is C24H28ClN5O5S. The highest BCUT2D eigenvalue weighted by Crippen LogP contribution is 2.39. The number of nitro benzene ring substituents is 1. The molecule has 1 saturated heterocycles. The van der Waals surface area contributed by atoms with Crippen LogP contribution in [0.3, 0.4) is 0 Å². The number of halogens is 1. The Morgan fingerprint density at radius 3 is 2.67 bits per heavy atom. The van der Waals surface area contributed by atoms with Crippen molar-refractivity contribution in [3.8, 4) is 5.75 Å². The summed E-state index contributed by atoms with van der Waals surface area (Å²) in [4.78, 5) is 35.4. The van der Waals surface area contributed by atoms with Crippen LogP contribution in [0.15, 0.2) is 30.3 Å². The number of methoxy groups -OCH3 is 1. The van der Waals surface area contributed by atoms with E-state index >= 15 is 0 Å². The van der Waals surface area contributed by atoms with E-state index in [1.165, 1.54) is 17.4 Å². The molecule has 1 aliphatic heterocycles. The van der Waals surface area contributed by atoms with Crippen LogP contribution in [0, 0.1) is 10.1 Å². The van der Waals surface area contributed by atoms with Gasteiger partial charge in [-0.2, -0.15) is 0 Å². The minimum Gasteiger partial charge on any atom is -0.494 e. The topological polar surface area (TPSA) is 101 Å². The lowest BCUT2D eigenvalue weighted by Gasteiger charge is -2.28. The zero-order valence-corrected chi connectivity index (χ0v) is 22.0. The van der Waals surface area contributed by atoms with Crippen molar-refractivity contribution in [2.75, 3.05) is 70.4 Å². The number of nitro groups is 1. The average molecular weight is 534 g/mol. The number of benzene rings is 2. The fourth-order valence-corrected chi connectivity index (χ4v) is 5.36. The molecule has 0 spiro atoms. The van der Waals surface area contributed by atoms with Crippen LogP contribution in [-0.2, 0) is 4.74 Å². The summed E-state index contributed by atoms with van der Waals surface area (Å²) in [7, 11) is 5.47. The molecule has 0 atom stereocenters. The Kier molecular flexibility index (Phi) is 8.24. The minimum absolute atomic E-state index is 0.106. The van der Waals surface area contributed by atoms with Crippen LogP contribution in [0.25, 0.3) is 10.2 Å². The number of carbonyl (C=O) groups excluding carboxylic acids is 1. The van der Waals surface area contributed by atoms with Gasteiger partial charge in [0.05, 0.1) is 35.0 Å². The Morgan fingerprint density at radius 2 is 2.00 bits per heavy atom. The number of ether oxygens (including phenoxy) is 2. The standard InChI is InChI=1S/C24H28ClN5O5S/c1-27(2)9-4-10-29(24-26-21-20(34-3)8-6-17(25)22(21)36-24)23(31)16-5-7-18(19(15-16)30(32)33)28-11-13-35-14-12-28/h5-8,15H,4,9-14H2,1-3H3. The Balaban J connectivity index is 1.72. The maximum atomic E-state index is 13.8. The zero-order valence-electron chi connectivity index (χ0n) is 20.4. The van der Waals surface area contributed by atoms with E-state index in [1.54, 1.807) is 36.3 Å². The highest BCUT2D eigenvalue weighted by Gasteiger charge is 2.27.